The van der Waals surface area contributed by atoms with Crippen LogP contribution >= 0.6 is 0 Å². The van der Waals surface area contributed by atoms with Gasteiger partial charge in [0.05, 0.1) is 35.1 Å². The Hall–Kier alpha value is -6.89. The number of nitrogens with one attached hydrogen (secondary N) is 1. The SMILES string of the molecule is Cc1cc(N=Nc2ccc3cc(Nc4ccc(N)c(S(=O)(=O)O)c4)ccc3c2O)ccc1N=Nc1cc(C)c(N=Nc2ccc(N)cc2S(=O)(=O)O)cc1OCCCS(=O)(=O)O. The van der Waals surface area contributed by atoms with Crippen LogP contribution in [-0.2, 0) is 30.4 Å². The molecule has 322 valence electrons. The zero-order valence-electron chi connectivity index (χ0n) is 32.6. The van der Waals surface area contributed by atoms with Crippen LogP contribution in [0.25, 0.3) is 10.8 Å². The zero-order valence-corrected chi connectivity index (χ0v) is 35.0. The largest absolute Gasteiger partial charge is 0.505 e. The Balaban J connectivity index is 1.21. The fraction of sp³-hybridized carbons (Fsp3) is 0.128. The van der Waals surface area contributed by atoms with Gasteiger partial charge in [-0.05, 0) is 122 Å². The van der Waals surface area contributed by atoms with E-state index in [-0.39, 0.29) is 58.7 Å². The number of nitrogens with zero attached hydrogens (tertiary/aromatic N) is 6. The predicted molar refractivity (Wildman–Crippen MR) is 232 cm³/mol. The van der Waals surface area contributed by atoms with E-state index >= 15 is 0 Å². The van der Waals surface area contributed by atoms with Crippen molar-refractivity contribution in [3.8, 4) is 11.5 Å². The molecule has 62 heavy (non-hydrogen) atoms. The van der Waals surface area contributed by atoms with Crippen LogP contribution in [-0.4, -0.2) is 56.4 Å². The summed E-state index contributed by atoms with van der Waals surface area (Å²) in [6.07, 6.45) is -0.0657. The number of fused-ring (bicyclic) bond motifs is 1. The summed E-state index contributed by atoms with van der Waals surface area (Å²) >= 11 is 0. The number of rotatable bonds is 15. The van der Waals surface area contributed by atoms with Crippen molar-refractivity contribution in [2.75, 3.05) is 29.1 Å². The lowest BCUT2D eigenvalue weighted by atomic mass is 10.1. The van der Waals surface area contributed by atoms with Crippen molar-refractivity contribution < 1.29 is 48.8 Å². The number of hydrogen-bond acceptors (Lipinski definition) is 17. The highest BCUT2D eigenvalue weighted by Crippen LogP contribution is 2.40. The normalized spacial score (nSPS) is 12.5. The third-order valence-electron chi connectivity index (χ3n) is 8.88. The van der Waals surface area contributed by atoms with Crippen LogP contribution in [0.1, 0.15) is 17.5 Å². The first kappa shape index (κ1) is 44.7. The predicted octanol–water partition coefficient (Wildman–Crippen LogP) is 9.47. The number of nitrogens with two attached hydrogens (primary N) is 2. The van der Waals surface area contributed by atoms with Gasteiger partial charge in [0.2, 0.25) is 0 Å². The molecule has 0 heterocycles. The molecule has 0 spiro atoms. The molecular weight excluding hydrogens is 867 g/mol. The summed E-state index contributed by atoms with van der Waals surface area (Å²) in [7, 11) is -13.5. The van der Waals surface area contributed by atoms with Gasteiger partial charge in [0.1, 0.15) is 32.6 Å². The van der Waals surface area contributed by atoms with Gasteiger partial charge in [-0.1, -0.05) is 6.07 Å². The van der Waals surface area contributed by atoms with Gasteiger partial charge in [0, 0.05) is 28.5 Å². The highest BCUT2D eigenvalue weighted by Gasteiger charge is 2.18. The Morgan fingerprint density at radius 2 is 1.21 bits per heavy atom. The van der Waals surface area contributed by atoms with Crippen molar-refractivity contribution in [1.29, 1.82) is 0 Å². The summed E-state index contributed by atoms with van der Waals surface area (Å²) in [5.74, 6) is -0.580. The van der Waals surface area contributed by atoms with E-state index in [4.69, 9.17) is 20.8 Å². The molecule has 0 atom stereocenters. The van der Waals surface area contributed by atoms with Gasteiger partial charge in [0.15, 0.2) is 5.75 Å². The van der Waals surface area contributed by atoms with Crippen molar-refractivity contribution in [2.45, 2.75) is 30.1 Å². The molecule has 6 aromatic rings. The molecule has 0 aliphatic heterocycles. The molecule has 6 rings (SSSR count). The van der Waals surface area contributed by atoms with Crippen LogP contribution < -0.4 is 21.5 Å². The number of aromatic hydroxyl groups is 1. The summed E-state index contributed by atoms with van der Waals surface area (Å²) in [5.41, 5.74) is 14.7. The second-order valence-electron chi connectivity index (χ2n) is 13.6. The van der Waals surface area contributed by atoms with Crippen LogP contribution in [0.3, 0.4) is 0 Å². The van der Waals surface area contributed by atoms with Gasteiger partial charge in [0.25, 0.3) is 30.4 Å². The third kappa shape index (κ3) is 11.3. The van der Waals surface area contributed by atoms with Crippen molar-refractivity contribution in [2.24, 2.45) is 30.7 Å². The minimum absolute atomic E-state index is 0.0657. The van der Waals surface area contributed by atoms with E-state index in [1.54, 1.807) is 74.5 Å². The number of hydrogen-bond donors (Lipinski definition) is 7. The van der Waals surface area contributed by atoms with Gasteiger partial charge >= 0.3 is 0 Å². The van der Waals surface area contributed by atoms with E-state index in [0.717, 1.165) is 6.07 Å². The van der Waals surface area contributed by atoms with Crippen molar-refractivity contribution >= 4 is 98.0 Å². The highest BCUT2D eigenvalue weighted by atomic mass is 32.2. The Morgan fingerprint density at radius 3 is 1.92 bits per heavy atom. The molecule has 6 aromatic carbocycles. The summed E-state index contributed by atoms with van der Waals surface area (Å²) < 4.78 is 104. The van der Waals surface area contributed by atoms with Crippen LogP contribution in [0.5, 0.6) is 11.5 Å². The maximum absolute atomic E-state index is 11.9. The first-order chi connectivity index (χ1) is 29.1. The summed E-state index contributed by atoms with van der Waals surface area (Å²) in [5, 5.41) is 40.5. The molecule has 20 nitrogen and oxygen atoms in total. The smallest absolute Gasteiger partial charge is 0.296 e. The average Bonchev–Trinajstić information content (AvgIpc) is 3.19. The monoisotopic (exact) mass is 903 g/mol. The van der Waals surface area contributed by atoms with Gasteiger partial charge in [-0.3, -0.25) is 13.7 Å². The van der Waals surface area contributed by atoms with Crippen molar-refractivity contribution in [1.82, 2.24) is 0 Å². The van der Waals surface area contributed by atoms with E-state index in [1.807, 2.05) is 0 Å². The van der Waals surface area contributed by atoms with E-state index in [0.29, 0.717) is 44.6 Å². The molecule has 0 bridgehead atoms. The Morgan fingerprint density at radius 1 is 0.597 bits per heavy atom. The molecule has 0 radical (unpaired) electrons. The first-order valence-corrected chi connectivity index (χ1v) is 22.5. The lowest BCUT2D eigenvalue weighted by Crippen LogP contribution is -2.08. The molecule has 0 aliphatic rings. The summed E-state index contributed by atoms with van der Waals surface area (Å²) in [6.45, 7) is 3.29. The van der Waals surface area contributed by atoms with Gasteiger partial charge in [-0.15, -0.1) is 15.3 Å². The molecule has 0 unspecified atom stereocenters. The van der Waals surface area contributed by atoms with E-state index in [1.165, 1.54) is 30.3 Å². The lowest BCUT2D eigenvalue weighted by molar-refractivity contribution is 0.317. The third-order valence-corrected chi connectivity index (χ3v) is 11.5. The number of ether oxygens (including phenoxy) is 1. The maximum Gasteiger partial charge on any atom is 0.296 e. The second-order valence-corrected chi connectivity index (χ2v) is 17.9. The Kier molecular flexibility index (Phi) is 13.0. The molecule has 0 saturated heterocycles. The molecule has 0 fully saturated rings. The minimum Gasteiger partial charge on any atom is -0.505 e. The zero-order chi connectivity index (χ0) is 45.0. The van der Waals surface area contributed by atoms with E-state index in [2.05, 4.69) is 36.0 Å². The number of anilines is 4. The fourth-order valence-electron chi connectivity index (χ4n) is 5.81. The number of benzene rings is 6. The number of phenolic OH excluding ortho intramolecular Hbond substituents is 1. The topological polar surface area (TPSA) is 331 Å². The number of aryl methyl sites for hydroxylation is 2. The molecular formula is C39H37N9O11S3. The van der Waals surface area contributed by atoms with Crippen molar-refractivity contribution in [3.63, 3.8) is 0 Å². The summed E-state index contributed by atoms with van der Waals surface area (Å²) in [6, 6.07) is 24.1. The number of phenols is 1. The maximum atomic E-state index is 11.9. The quantitative estimate of drug-likeness (QED) is 0.0218. The van der Waals surface area contributed by atoms with Crippen LogP contribution in [0, 0.1) is 13.8 Å². The van der Waals surface area contributed by atoms with Crippen LogP contribution in [0.4, 0.5) is 56.9 Å². The fourth-order valence-corrected chi connectivity index (χ4v) is 7.59. The summed E-state index contributed by atoms with van der Waals surface area (Å²) in [4.78, 5) is -0.982. The van der Waals surface area contributed by atoms with Gasteiger partial charge in [-0.25, -0.2) is 0 Å². The van der Waals surface area contributed by atoms with E-state index in [9.17, 15) is 39.5 Å². The second kappa shape index (κ2) is 18.0. The highest BCUT2D eigenvalue weighted by molar-refractivity contribution is 7.86. The molecule has 0 amide bonds. The molecule has 0 saturated carbocycles. The van der Waals surface area contributed by atoms with Gasteiger partial charge in [-0.2, -0.15) is 40.6 Å². The lowest BCUT2D eigenvalue weighted by Gasteiger charge is -2.11. The molecule has 0 aliphatic carbocycles. The number of azo groups is 3. The molecule has 0 aromatic heterocycles. The minimum atomic E-state index is -4.69. The van der Waals surface area contributed by atoms with Crippen molar-refractivity contribution in [3.05, 3.63) is 108 Å². The standard InChI is InChI=1S/C39H37N9O11S3/c1-22-16-28(43-46-33-11-4-24-18-26(6-9-29(24)39(33)49)42-27-7-10-30(41)37(20-27)61(53,54)55)8-13-31(22)44-48-35-17-23(2)34(21-36(35)59-14-3-15-60(50,51)52)47-45-32-12-5-25(40)19-38(32)62(56,57)58/h4-13,16-21,42,49H,3,14-15,40-41H2,1-2H3,(H,50,51,52)(H,53,54,55)(H,56,57,58). The Bertz CT molecular complexity index is 3160. The number of nitrogen functional groups attached to an aromatic ring is 2. The van der Waals surface area contributed by atoms with E-state index < -0.39 is 45.9 Å². The van der Waals surface area contributed by atoms with Crippen LogP contribution in [0.2, 0.25) is 0 Å². The van der Waals surface area contributed by atoms with Gasteiger partial charge < -0.3 is 26.6 Å². The van der Waals surface area contributed by atoms with Crippen LogP contribution in [0.15, 0.2) is 138 Å². The average molecular weight is 904 g/mol. The molecule has 9 N–H and O–H groups in total. The molecule has 23 heteroatoms. The Labute approximate surface area is 355 Å². The first-order valence-electron chi connectivity index (χ1n) is 18.0.